The minimum Gasteiger partial charge on any atom is -0.485 e. The number of imidazole rings is 1. The maximum atomic E-state index is 13.1. The van der Waals surface area contributed by atoms with E-state index in [0.717, 1.165) is 33.5 Å². The lowest BCUT2D eigenvalue weighted by Crippen LogP contribution is -2.28. The van der Waals surface area contributed by atoms with E-state index in [1.165, 1.54) is 12.1 Å². The van der Waals surface area contributed by atoms with Crippen molar-refractivity contribution in [1.82, 2.24) is 14.9 Å². The molecule has 0 radical (unpaired) electrons. The van der Waals surface area contributed by atoms with Crippen LogP contribution in [-0.4, -0.2) is 15.5 Å². The van der Waals surface area contributed by atoms with E-state index in [4.69, 9.17) is 4.74 Å². The fourth-order valence-corrected chi connectivity index (χ4v) is 3.42. The average Bonchev–Trinajstić information content (AvgIpc) is 3.11. The van der Waals surface area contributed by atoms with Gasteiger partial charge in [-0.25, -0.2) is 9.37 Å². The molecule has 0 aliphatic rings. The summed E-state index contributed by atoms with van der Waals surface area (Å²) in [6.45, 7) is 4.73. The van der Waals surface area contributed by atoms with Crippen LogP contribution in [0.2, 0.25) is 0 Å². The van der Waals surface area contributed by atoms with E-state index < -0.39 is 0 Å². The molecule has 0 saturated carbocycles. The molecule has 5 nitrogen and oxygen atoms in total. The van der Waals surface area contributed by atoms with Crippen LogP contribution < -0.4 is 10.1 Å². The van der Waals surface area contributed by atoms with E-state index in [-0.39, 0.29) is 24.9 Å². The van der Waals surface area contributed by atoms with Gasteiger partial charge in [-0.15, -0.1) is 0 Å². The topological polar surface area (TPSA) is 56.2 Å². The third kappa shape index (κ3) is 4.91. The SMILES string of the molecule is Cc1ccc(C)c(OCc2nc3ccccc3n2CC(=O)NCc2ccc(F)cc2)c1. The Hall–Kier alpha value is -3.67. The second kappa shape index (κ2) is 9.00. The fraction of sp³-hybridized carbons (Fsp3) is 0.200. The van der Waals surface area contributed by atoms with Gasteiger partial charge in [-0.1, -0.05) is 36.4 Å². The molecule has 0 unspecified atom stereocenters. The first kappa shape index (κ1) is 20.6. The maximum absolute atomic E-state index is 13.1. The van der Waals surface area contributed by atoms with Gasteiger partial charge in [0.2, 0.25) is 5.91 Å². The van der Waals surface area contributed by atoms with Crippen molar-refractivity contribution in [2.24, 2.45) is 0 Å². The van der Waals surface area contributed by atoms with Gasteiger partial charge in [-0.2, -0.15) is 0 Å². The van der Waals surface area contributed by atoms with Crippen LogP contribution in [-0.2, 0) is 24.5 Å². The minimum atomic E-state index is -0.298. The van der Waals surface area contributed by atoms with E-state index in [0.29, 0.717) is 12.4 Å². The first-order valence-corrected chi connectivity index (χ1v) is 10.1. The Balaban J connectivity index is 1.51. The molecule has 6 heteroatoms. The summed E-state index contributed by atoms with van der Waals surface area (Å²) in [6, 6.07) is 19.9. The molecule has 0 saturated heterocycles. The second-order valence-electron chi connectivity index (χ2n) is 7.56. The van der Waals surface area contributed by atoms with Crippen LogP contribution in [0.3, 0.4) is 0 Å². The zero-order chi connectivity index (χ0) is 21.8. The molecule has 0 spiro atoms. The number of fused-ring (bicyclic) bond motifs is 1. The Morgan fingerprint density at radius 3 is 2.65 bits per heavy atom. The van der Waals surface area contributed by atoms with Crippen molar-refractivity contribution in [2.45, 2.75) is 33.5 Å². The number of rotatable bonds is 7. The highest BCUT2D eigenvalue weighted by Gasteiger charge is 2.14. The standard InChI is InChI=1S/C25H24FN3O2/c1-17-7-8-18(2)23(13-17)31-16-24-28-21-5-3-4-6-22(21)29(24)15-25(30)27-14-19-9-11-20(26)12-10-19/h3-13H,14-16H2,1-2H3,(H,27,30). The number of benzene rings is 3. The molecule has 1 N–H and O–H groups in total. The van der Waals surface area contributed by atoms with Gasteiger partial charge < -0.3 is 14.6 Å². The number of nitrogens with one attached hydrogen (secondary N) is 1. The Morgan fingerprint density at radius 2 is 1.84 bits per heavy atom. The molecule has 158 valence electrons. The summed E-state index contributed by atoms with van der Waals surface area (Å²) in [5, 5.41) is 2.89. The number of hydrogen-bond acceptors (Lipinski definition) is 3. The molecular formula is C25H24FN3O2. The van der Waals surface area contributed by atoms with Crippen LogP contribution in [0.5, 0.6) is 5.75 Å². The van der Waals surface area contributed by atoms with E-state index >= 15 is 0 Å². The highest BCUT2D eigenvalue weighted by molar-refractivity contribution is 5.81. The van der Waals surface area contributed by atoms with E-state index in [1.807, 2.05) is 60.9 Å². The second-order valence-corrected chi connectivity index (χ2v) is 7.56. The number of para-hydroxylation sites is 2. The number of halogens is 1. The van der Waals surface area contributed by atoms with Crippen molar-refractivity contribution in [3.8, 4) is 5.75 Å². The van der Waals surface area contributed by atoms with Crippen molar-refractivity contribution < 1.29 is 13.9 Å². The third-order valence-corrected chi connectivity index (χ3v) is 5.14. The summed E-state index contributed by atoms with van der Waals surface area (Å²) < 4.78 is 21.0. The summed E-state index contributed by atoms with van der Waals surface area (Å²) in [5.41, 5.74) is 4.69. The molecule has 3 aromatic carbocycles. The summed E-state index contributed by atoms with van der Waals surface area (Å²) in [6.07, 6.45) is 0. The normalized spacial score (nSPS) is 10.9. The van der Waals surface area contributed by atoms with Crippen LogP contribution in [0.4, 0.5) is 4.39 Å². The van der Waals surface area contributed by atoms with Gasteiger partial charge in [0, 0.05) is 6.54 Å². The lowest BCUT2D eigenvalue weighted by atomic mass is 10.1. The van der Waals surface area contributed by atoms with E-state index in [1.54, 1.807) is 12.1 Å². The van der Waals surface area contributed by atoms with Gasteiger partial charge >= 0.3 is 0 Å². The van der Waals surface area contributed by atoms with Crippen LogP contribution in [0, 0.1) is 19.7 Å². The van der Waals surface area contributed by atoms with Gasteiger partial charge in [-0.05, 0) is 60.9 Å². The largest absolute Gasteiger partial charge is 0.485 e. The summed E-state index contributed by atoms with van der Waals surface area (Å²) in [7, 11) is 0. The van der Waals surface area contributed by atoms with Crippen molar-refractivity contribution in [2.75, 3.05) is 0 Å². The van der Waals surface area contributed by atoms with Gasteiger partial charge in [0.25, 0.3) is 0 Å². The number of aromatic nitrogens is 2. The quantitative estimate of drug-likeness (QED) is 0.475. The monoisotopic (exact) mass is 417 g/mol. The highest BCUT2D eigenvalue weighted by atomic mass is 19.1. The first-order valence-electron chi connectivity index (χ1n) is 10.1. The lowest BCUT2D eigenvalue weighted by molar-refractivity contribution is -0.121. The van der Waals surface area contributed by atoms with Crippen molar-refractivity contribution in [3.63, 3.8) is 0 Å². The lowest BCUT2D eigenvalue weighted by Gasteiger charge is -2.12. The number of carbonyl (C=O) groups excluding carboxylic acids is 1. The Morgan fingerprint density at radius 1 is 1.06 bits per heavy atom. The smallest absolute Gasteiger partial charge is 0.240 e. The van der Waals surface area contributed by atoms with Crippen molar-refractivity contribution >= 4 is 16.9 Å². The zero-order valence-electron chi connectivity index (χ0n) is 17.6. The predicted octanol–water partition coefficient (Wildman–Crippen LogP) is 4.69. The number of carbonyl (C=O) groups is 1. The van der Waals surface area contributed by atoms with Gasteiger partial charge in [-0.3, -0.25) is 4.79 Å². The molecule has 31 heavy (non-hydrogen) atoms. The molecule has 1 aromatic heterocycles. The van der Waals surface area contributed by atoms with Crippen molar-refractivity contribution in [1.29, 1.82) is 0 Å². The molecule has 0 atom stereocenters. The molecule has 4 rings (SSSR count). The average molecular weight is 417 g/mol. The highest BCUT2D eigenvalue weighted by Crippen LogP contribution is 2.22. The zero-order valence-corrected chi connectivity index (χ0v) is 17.6. The minimum absolute atomic E-state index is 0.118. The number of amides is 1. The maximum Gasteiger partial charge on any atom is 0.240 e. The molecule has 1 heterocycles. The summed E-state index contributed by atoms with van der Waals surface area (Å²) in [4.78, 5) is 17.3. The molecule has 0 aliphatic carbocycles. The Bertz CT molecular complexity index is 1220. The first-order chi connectivity index (χ1) is 15.0. The number of hydrogen-bond donors (Lipinski definition) is 1. The third-order valence-electron chi connectivity index (χ3n) is 5.14. The fourth-order valence-electron chi connectivity index (χ4n) is 3.42. The van der Waals surface area contributed by atoms with E-state index in [9.17, 15) is 9.18 Å². The van der Waals surface area contributed by atoms with Gasteiger partial charge in [0.1, 0.15) is 30.5 Å². The van der Waals surface area contributed by atoms with Crippen LogP contribution in [0.15, 0.2) is 66.7 Å². The molecule has 0 fully saturated rings. The van der Waals surface area contributed by atoms with Gasteiger partial charge in [0.05, 0.1) is 11.0 Å². The molecular weight excluding hydrogens is 393 g/mol. The number of aryl methyl sites for hydroxylation is 2. The van der Waals surface area contributed by atoms with Crippen molar-refractivity contribution in [3.05, 3.63) is 95.1 Å². The summed E-state index contributed by atoms with van der Waals surface area (Å²) >= 11 is 0. The molecule has 0 bridgehead atoms. The van der Waals surface area contributed by atoms with Gasteiger partial charge in [0.15, 0.2) is 0 Å². The van der Waals surface area contributed by atoms with Crippen LogP contribution in [0.25, 0.3) is 11.0 Å². The Labute approximate surface area is 180 Å². The Kier molecular flexibility index (Phi) is 5.98. The predicted molar refractivity (Wildman–Crippen MR) is 118 cm³/mol. The number of ether oxygens (including phenoxy) is 1. The van der Waals surface area contributed by atoms with Crippen LogP contribution >= 0.6 is 0 Å². The number of nitrogens with zero attached hydrogens (tertiary/aromatic N) is 2. The molecule has 1 amide bonds. The summed E-state index contributed by atoms with van der Waals surface area (Å²) in [5.74, 6) is 1.03. The van der Waals surface area contributed by atoms with E-state index in [2.05, 4.69) is 10.3 Å². The van der Waals surface area contributed by atoms with Crippen LogP contribution in [0.1, 0.15) is 22.5 Å². The molecule has 4 aromatic rings. The molecule has 0 aliphatic heterocycles.